The van der Waals surface area contributed by atoms with Gasteiger partial charge < -0.3 is 10.1 Å². The lowest BCUT2D eigenvalue weighted by Crippen LogP contribution is -2.30. The quantitative estimate of drug-likeness (QED) is 0.881. The van der Waals surface area contributed by atoms with Gasteiger partial charge >= 0.3 is 0 Å². The lowest BCUT2D eigenvalue weighted by Gasteiger charge is -2.24. The molecule has 1 saturated heterocycles. The van der Waals surface area contributed by atoms with Crippen LogP contribution < -0.4 is 0 Å². The molecule has 1 aliphatic heterocycles. The second kappa shape index (κ2) is 4.79. The molecule has 1 atom stereocenters. The first kappa shape index (κ1) is 12.4. The SMILES string of the molecule is Cc1ccc(C2(O)CCN(Cc3ncc[nH]3)C2)cc1. The van der Waals surface area contributed by atoms with Crippen molar-refractivity contribution in [2.24, 2.45) is 0 Å². The molecule has 4 heteroatoms. The van der Waals surface area contributed by atoms with Gasteiger partial charge in [0.05, 0.1) is 6.54 Å². The Labute approximate surface area is 113 Å². The molecule has 2 heterocycles. The number of β-amino-alcohol motifs (C(OH)–C–C–N with tert-alkyl or cyclic N) is 1. The van der Waals surface area contributed by atoms with Crippen molar-refractivity contribution >= 4 is 0 Å². The summed E-state index contributed by atoms with van der Waals surface area (Å²) >= 11 is 0. The van der Waals surface area contributed by atoms with E-state index < -0.39 is 5.60 Å². The number of aryl methyl sites for hydroxylation is 1. The molecule has 1 unspecified atom stereocenters. The topological polar surface area (TPSA) is 52.1 Å². The van der Waals surface area contributed by atoms with Crippen LogP contribution in [-0.2, 0) is 12.1 Å². The van der Waals surface area contributed by atoms with Gasteiger partial charge in [-0.3, -0.25) is 4.90 Å². The monoisotopic (exact) mass is 257 g/mol. The number of aromatic amines is 1. The fraction of sp³-hybridized carbons (Fsp3) is 0.400. The summed E-state index contributed by atoms with van der Waals surface area (Å²) in [5.41, 5.74) is 1.51. The highest BCUT2D eigenvalue weighted by Crippen LogP contribution is 2.32. The van der Waals surface area contributed by atoms with E-state index in [0.717, 1.165) is 30.9 Å². The van der Waals surface area contributed by atoms with Crippen molar-refractivity contribution in [1.82, 2.24) is 14.9 Å². The van der Waals surface area contributed by atoms with Gasteiger partial charge in [-0.2, -0.15) is 0 Å². The molecule has 1 aromatic heterocycles. The molecule has 0 saturated carbocycles. The molecular weight excluding hydrogens is 238 g/mol. The van der Waals surface area contributed by atoms with Crippen LogP contribution in [0.1, 0.15) is 23.4 Å². The zero-order valence-electron chi connectivity index (χ0n) is 11.1. The van der Waals surface area contributed by atoms with Crippen molar-refractivity contribution in [2.45, 2.75) is 25.5 Å². The van der Waals surface area contributed by atoms with E-state index in [0.29, 0.717) is 6.54 Å². The lowest BCUT2D eigenvalue weighted by molar-refractivity contribution is 0.0450. The third-order valence-corrected chi connectivity index (χ3v) is 3.84. The number of imidazole rings is 1. The summed E-state index contributed by atoms with van der Waals surface area (Å²) < 4.78 is 0. The molecule has 2 aromatic rings. The molecule has 4 nitrogen and oxygen atoms in total. The smallest absolute Gasteiger partial charge is 0.120 e. The Bertz CT molecular complexity index is 535. The zero-order chi connectivity index (χ0) is 13.3. The van der Waals surface area contributed by atoms with Crippen molar-refractivity contribution in [3.63, 3.8) is 0 Å². The molecule has 0 amide bonds. The third kappa shape index (κ3) is 2.55. The standard InChI is InChI=1S/C15H19N3O/c1-12-2-4-13(5-3-12)15(19)6-9-18(11-15)10-14-16-7-8-17-14/h2-5,7-8,19H,6,9-11H2,1H3,(H,16,17). The second-order valence-electron chi connectivity index (χ2n) is 5.39. The fourth-order valence-corrected chi connectivity index (χ4v) is 2.70. The molecule has 2 N–H and O–H groups in total. The molecule has 0 radical (unpaired) electrons. The van der Waals surface area contributed by atoms with Gasteiger partial charge in [-0.15, -0.1) is 0 Å². The molecule has 0 bridgehead atoms. The minimum absolute atomic E-state index is 0.663. The summed E-state index contributed by atoms with van der Waals surface area (Å²) in [6, 6.07) is 8.18. The van der Waals surface area contributed by atoms with Crippen molar-refractivity contribution in [3.8, 4) is 0 Å². The molecule has 19 heavy (non-hydrogen) atoms. The first-order valence-corrected chi connectivity index (χ1v) is 6.66. The van der Waals surface area contributed by atoms with E-state index in [-0.39, 0.29) is 0 Å². The van der Waals surface area contributed by atoms with Crippen LogP contribution in [0.5, 0.6) is 0 Å². The van der Waals surface area contributed by atoms with E-state index in [2.05, 4.69) is 33.9 Å². The summed E-state index contributed by atoms with van der Waals surface area (Å²) in [6.45, 7) is 4.38. The predicted molar refractivity (Wildman–Crippen MR) is 73.6 cm³/mol. The van der Waals surface area contributed by atoms with E-state index in [1.54, 1.807) is 6.20 Å². The van der Waals surface area contributed by atoms with E-state index in [9.17, 15) is 5.11 Å². The molecule has 100 valence electrons. The van der Waals surface area contributed by atoms with Crippen molar-refractivity contribution in [1.29, 1.82) is 0 Å². The fourth-order valence-electron chi connectivity index (χ4n) is 2.70. The molecular formula is C15H19N3O. The first-order chi connectivity index (χ1) is 9.16. The van der Waals surface area contributed by atoms with Crippen molar-refractivity contribution in [2.75, 3.05) is 13.1 Å². The van der Waals surface area contributed by atoms with E-state index >= 15 is 0 Å². The van der Waals surface area contributed by atoms with Crippen LogP contribution in [0.25, 0.3) is 0 Å². The summed E-state index contributed by atoms with van der Waals surface area (Å²) in [5.74, 6) is 0.952. The second-order valence-corrected chi connectivity index (χ2v) is 5.39. The average Bonchev–Trinajstić information content (AvgIpc) is 3.02. The number of benzene rings is 1. The maximum Gasteiger partial charge on any atom is 0.120 e. The van der Waals surface area contributed by atoms with Gasteiger partial charge in [0, 0.05) is 25.5 Å². The van der Waals surface area contributed by atoms with Gasteiger partial charge in [0.1, 0.15) is 11.4 Å². The highest BCUT2D eigenvalue weighted by molar-refractivity contribution is 5.28. The third-order valence-electron chi connectivity index (χ3n) is 3.84. The zero-order valence-corrected chi connectivity index (χ0v) is 11.1. The minimum Gasteiger partial charge on any atom is -0.384 e. The van der Waals surface area contributed by atoms with Crippen molar-refractivity contribution < 1.29 is 5.11 Å². The summed E-state index contributed by atoms with van der Waals surface area (Å²) in [7, 11) is 0. The molecule has 1 aromatic carbocycles. The lowest BCUT2D eigenvalue weighted by atomic mass is 9.92. The normalized spacial score (nSPS) is 23.9. The van der Waals surface area contributed by atoms with Gasteiger partial charge in [0.15, 0.2) is 0 Å². The molecule has 3 rings (SSSR count). The summed E-state index contributed by atoms with van der Waals surface area (Å²) in [6.07, 6.45) is 4.37. The minimum atomic E-state index is -0.722. The van der Waals surface area contributed by atoms with E-state index in [1.807, 2.05) is 18.3 Å². The van der Waals surface area contributed by atoms with Gasteiger partial charge in [0.25, 0.3) is 0 Å². The molecule has 1 fully saturated rings. The Hall–Kier alpha value is -1.65. The number of hydrogen-bond acceptors (Lipinski definition) is 3. The Morgan fingerprint density at radius 2 is 2.16 bits per heavy atom. The Morgan fingerprint density at radius 1 is 1.37 bits per heavy atom. The van der Waals surface area contributed by atoms with Crippen LogP contribution in [0.4, 0.5) is 0 Å². The number of likely N-dealkylation sites (tertiary alicyclic amines) is 1. The number of nitrogens with one attached hydrogen (secondary N) is 1. The molecule has 0 aliphatic carbocycles. The van der Waals surface area contributed by atoms with Gasteiger partial charge in [-0.05, 0) is 18.9 Å². The number of aromatic nitrogens is 2. The summed E-state index contributed by atoms with van der Waals surface area (Å²) in [4.78, 5) is 9.57. The maximum absolute atomic E-state index is 10.8. The highest BCUT2D eigenvalue weighted by atomic mass is 16.3. The van der Waals surface area contributed by atoms with Crippen LogP contribution in [-0.4, -0.2) is 33.1 Å². The van der Waals surface area contributed by atoms with Gasteiger partial charge in [-0.1, -0.05) is 29.8 Å². The molecule has 0 spiro atoms. The van der Waals surface area contributed by atoms with Crippen LogP contribution in [0.2, 0.25) is 0 Å². The average molecular weight is 257 g/mol. The van der Waals surface area contributed by atoms with Crippen LogP contribution in [0.15, 0.2) is 36.7 Å². The van der Waals surface area contributed by atoms with Crippen LogP contribution in [0, 0.1) is 6.92 Å². The van der Waals surface area contributed by atoms with Crippen LogP contribution >= 0.6 is 0 Å². The highest BCUT2D eigenvalue weighted by Gasteiger charge is 2.37. The predicted octanol–water partition coefficient (Wildman–Crippen LogP) is 1.81. The largest absolute Gasteiger partial charge is 0.384 e. The van der Waals surface area contributed by atoms with E-state index in [4.69, 9.17) is 0 Å². The maximum atomic E-state index is 10.8. The first-order valence-electron chi connectivity index (χ1n) is 6.66. The van der Waals surface area contributed by atoms with Gasteiger partial charge in [-0.25, -0.2) is 4.98 Å². The summed E-state index contributed by atoms with van der Waals surface area (Å²) in [5, 5.41) is 10.8. The number of aliphatic hydroxyl groups is 1. The molecule has 1 aliphatic rings. The number of rotatable bonds is 3. The van der Waals surface area contributed by atoms with Crippen molar-refractivity contribution in [3.05, 3.63) is 53.6 Å². The Kier molecular flexibility index (Phi) is 3.12. The Morgan fingerprint density at radius 3 is 2.84 bits per heavy atom. The number of nitrogens with zero attached hydrogens (tertiary/aromatic N) is 2. The van der Waals surface area contributed by atoms with Crippen LogP contribution in [0.3, 0.4) is 0 Å². The number of H-pyrrole nitrogens is 1. The van der Waals surface area contributed by atoms with Gasteiger partial charge in [0.2, 0.25) is 0 Å². The Balaban J connectivity index is 1.71. The van der Waals surface area contributed by atoms with E-state index in [1.165, 1.54) is 5.56 Å². The number of hydrogen-bond donors (Lipinski definition) is 2.